The third-order valence-electron chi connectivity index (χ3n) is 1.71. The third kappa shape index (κ3) is 5.09. The summed E-state index contributed by atoms with van der Waals surface area (Å²) in [7, 11) is 0. The maximum absolute atomic E-state index is 5.57. The average Bonchev–Trinajstić information content (AvgIpc) is 1.87. The monoisotopic (exact) mass is 172 g/mol. The molecule has 1 heteroatoms. The molecule has 0 aromatic heterocycles. The molecule has 0 rings (SSSR count). The van der Waals surface area contributed by atoms with Crippen molar-refractivity contribution in [2.75, 3.05) is 5.88 Å². The van der Waals surface area contributed by atoms with E-state index in [-0.39, 0.29) is 5.41 Å². The van der Waals surface area contributed by atoms with Crippen LogP contribution in [0.2, 0.25) is 0 Å². The van der Waals surface area contributed by atoms with Gasteiger partial charge >= 0.3 is 0 Å². The van der Waals surface area contributed by atoms with Gasteiger partial charge in [-0.1, -0.05) is 31.6 Å². The van der Waals surface area contributed by atoms with Crippen molar-refractivity contribution in [1.82, 2.24) is 0 Å². The molecule has 0 heterocycles. The quantitative estimate of drug-likeness (QED) is 0.447. The summed E-state index contributed by atoms with van der Waals surface area (Å²) in [5, 5.41) is 0. The highest BCUT2D eigenvalue weighted by molar-refractivity contribution is 6.18. The van der Waals surface area contributed by atoms with Crippen LogP contribution >= 0.6 is 11.6 Å². The van der Waals surface area contributed by atoms with E-state index >= 15 is 0 Å². The minimum Gasteiger partial charge on any atom is -0.122 e. The summed E-state index contributed by atoms with van der Waals surface area (Å²) in [4.78, 5) is 0. The van der Waals surface area contributed by atoms with Crippen LogP contribution in [0.15, 0.2) is 24.3 Å². The lowest BCUT2D eigenvalue weighted by atomic mass is 9.86. The Labute approximate surface area is 74.9 Å². The van der Waals surface area contributed by atoms with Gasteiger partial charge in [-0.25, -0.2) is 0 Å². The molecule has 0 bridgehead atoms. The van der Waals surface area contributed by atoms with Crippen molar-refractivity contribution in [2.24, 2.45) is 5.41 Å². The van der Waals surface area contributed by atoms with Crippen LogP contribution in [0.25, 0.3) is 0 Å². The molecule has 0 aliphatic carbocycles. The molecule has 0 saturated carbocycles. The molecule has 0 aromatic rings. The lowest BCUT2D eigenvalue weighted by Crippen LogP contribution is -2.06. The van der Waals surface area contributed by atoms with Crippen LogP contribution in [-0.2, 0) is 0 Å². The van der Waals surface area contributed by atoms with Crippen molar-refractivity contribution in [3.63, 3.8) is 0 Å². The summed E-state index contributed by atoms with van der Waals surface area (Å²) in [5.74, 6) is 0.610. The molecule has 0 aliphatic rings. The van der Waals surface area contributed by atoms with Gasteiger partial charge in [-0.05, 0) is 18.8 Å². The van der Waals surface area contributed by atoms with Crippen LogP contribution in [0.5, 0.6) is 0 Å². The Hall–Kier alpha value is -0.230. The molecule has 0 N–H and O–H groups in total. The molecule has 0 radical (unpaired) electrons. The molecule has 11 heavy (non-hydrogen) atoms. The second-order valence-corrected chi connectivity index (χ2v) is 3.88. The summed E-state index contributed by atoms with van der Waals surface area (Å²) < 4.78 is 0. The van der Waals surface area contributed by atoms with Gasteiger partial charge in [0, 0.05) is 5.88 Å². The molecule has 0 fully saturated rings. The van der Waals surface area contributed by atoms with Gasteiger partial charge in [-0.3, -0.25) is 0 Å². The fraction of sp³-hybridized carbons (Fsp3) is 0.600. The molecule has 0 saturated heterocycles. The summed E-state index contributed by atoms with van der Waals surface area (Å²) in [6.45, 7) is 10.2. The number of hydrogen-bond donors (Lipinski definition) is 0. The molecule has 0 aromatic carbocycles. The Morgan fingerprint density at radius 1 is 1.55 bits per heavy atom. The van der Waals surface area contributed by atoms with Crippen LogP contribution in [0.1, 0.15) is 27.2 Å². The van der Waals surface area contributed by atoms with Gasteiger partial charge in [0.25, 0.3) is 0 Å². The van der Waals surface area contributed by atoms with E-state index in [1.165, 1.54) is 5.57 Å². The molecule has 0 spiro atoms. The van der Waals surface area contributed by atoms with Crippen LogP contribution in [0.3, 0.4) is 0 Å². The molecule has 0 nitrogen and oxygen atoms in total. The summed E-state index contributed by atoms with van der Waals surface area (Å²) in [6.07, 6.45) is 5.08. The Bertz CT molecular complexity index is 154. The maximum atomic E-state index is 5.57. The van der Waals surface area contributed by atoms with E-state index in [0.717, 1.165) is 6.42 Å². The molecular formula is C10H17Cl. The van der Waals surface area contributed by atoms with Crippen molar-refractivity contribution >= 4 is 11.6 Å². The van der Waals surface area contributed by atoms with Gasteiger partial charge in [0.2, 0.25) is 0 Å². The van der Waals surface area contributed by atoms with Gasteiger partial charge in [-0.2, -0.15) is 0 Å². The summed E-state index contributed by atoms with van der Waals surface area (Å²) >= 11 is 5.57. The smallest absolute Gasteiger partial charge is 0.0406 e. The number of allylic oxidation sites excluding steroid dienone is 3. The van der Waals surface area contributed by atoms with E-state index in [0.29, 0.717) is 5.88 Å². The van der Waals surface area contributed by atoms with E-state index < -0.39 is 0 Å². The zero-order valence-electron chi connectivity index (χ0n) is 7.65. The Kier molecular flexibility index (Phi) is 4.51. The van der Waals surface area contributed by atoms with E-state index in [2.05, 4.69) is 27.4 Å². The maximum Gasteiger partial charge on any atom is 0.0406 e. The highest BCUT2D eigenvalue weighted by Gasteiger charge is 2.12. The minimum absolute atomic E-state index is 0.201. The van der Waals surface area contributed by atoms with Gasteiger partial charge in [0.15, 0.2) is 0 Å². The SMILES string of the molecule is C=CC(C)(C)CC(C)=CCCl. The predicted molar refractivity (Wildman–Crippen MR) is 53.1 cm³/mol. The van der Waals surface area contributed by atoms with Gasteiger partial charge in [-0.15, -0.1) is 18.2 Å². The second kappa shape index (κ2) is 4.61. The van der Waals surface area contributed by atoms with Crippen molar-refractivity contribution in [1.29, 1.82) is 0 Å². The Morgan fingerprint density at radius 3 is 2.45 bits per heavy atom. The van der Waals surface area contributed by atoms with Crippen LogP contribution in [-0.4, -0.2) is 5.88 Å². The molecule has 0 amide bonds. The first-order valence-corrected chi connectivity index (χ1v) is 4.40. The van der Waals surface area contributed by atoms with Crippen LogP contribution in [0.4, 0.5) is 0 Å². The Morgan fingerprint density at radius 2 is 2.09 bits per heavy atom. The first kappa shape index (κ1) is 10.8. The van der Waals surface area contributed by atoms with Crippen molar-refractivity contribution in [3.05, 3.63) is 24.3 Å². The molecule has 0 atom stereocenters. The number of hydrogen-bond acceptors (Lipinski definition) is 0. The first-order valence-electron chi connectivity index (χ1n) is 3.87. The van der Waals surface area contributed by atoms with Crippen molar-refractivity contribution < 1.29 is 0 Å². The number of alkyl halides is 1. The normalized spacial score (nSPS) is 13.3. The largest absolute Gasteiger partial charge is 0.122 e. The van der Waals surface area contributed by atoms with Crippen LogP contribution in [0, 0.1) is 5.41 Å². The third-order valence-corrected chi connectivity index (χ3v) is 1.87. The number of rotatable bonds is 4. The fourth-order valence-corrected chi connectivity index (χ4v) is 1.26. The fourth-order valence-electron chi connectivity index (χ4n) is 0.995. The van der Waals surface area contributed by atoms with Gasteiger partial charge in [0.1, 0.15) is 0 Å². The van der Waals surface area contributed by atoms with E-state index in [9.17, 15) is 0 Å². The average molecular weight is 173 g/mol. The first-order chi connectivity index (χ1) is 5.02. The highest BCUT2D eigenvalue weighted by Crippen LogP contribution is 2.25. The molecular weight excluding hydrogens is 156 g/mol. The molecule has 0 aliphatic heterocycles. The zero-order chi connectivity index (χ0) is 8.91. The summed E-state index contributed by atoms with van der Waals surface area (Å²) in [6, 6.07) is 0. The zero-order valence-corrected chi connectivity index (χ0v) is 8.41. The van der Waals surface area contributed by atoms with Gasteiger partial charge in [0.05, 0.1) is 0 Å². The second-order valence-electron chi connectivity index (χ2n) is 3.57. The Balaban J connectivity index is 4.03. The van der Waals surface area contributed by atoms with E-state index in [1.54, 1.807) is 0 Å². The standard InChI is InChI=1S/C10H17Cl/c1-5-10(3,4)8-9(2)6-7-11/h5-6H,1,7-8H2,2-4H3. The minimum atomic E-state index is 0.201. The lowest BCUT2D eigenvalue weighted by Gasteiger charge is -2.19. The predicted octanol–water partition coefficient (Wildman–Crippen LogP) is 3.77. The van der Waals surface area contributed by atoms with Crippen molar-refractivity contribution in [3.8, 4) is 0 Å². The topological polar surface area (TPSA) is 0 Å². The molecule has 0 unspecified atom stereocenters. The highest BCUT2D eigenvalue weighted by atomic mass is 35.5. The van der Waals surface area contributed by atoms with E-state index in [1.807, 2.05) is 12.2 Å². The van der Waals surface area contributed by atoms with E-state index in [4.69, 9.17) is 11.6 Å². The van der Waals surface area contributed by atoms with Gasteiger partial charge < -0.3 is 0 Å². The number of halogens is 1. The molecule has 64 valence electrons. The van der Waals surface area contributed by atoms with Crippen molar-refractivity contribution in [2.45, 2.75) is 27.2 Å². The van der Waals surface area contributed by atoms with Crippen LogP contribution < -0.4 is 0 Å². The lowest BCUT2D eigenvalue weighted by molar-refractivity contribution is 0.476. The summed E-state index contributed by atoms with van der Waals surface area (Å²) in [5.41, 5.74) is 1.54.